The molecule has 1 amide bonds. The SMILES string of the molecule is CSc1nccc(SCC(=O)N/N=C/c2ccc([N+](=O)[O-])cc2)n1. The van der Waals surface area contributed by atoms with E-state index in [4.69, 9.17) is 0 Å². The Balaban J connectivity index is 1.80. The van der Waals surface area contributed by atoms with Crippen molar-refractivity contribution in [3.63, 3.8) is 0 Å². The topological polar surface area (TPSA) is 110 Å². The van der Waals surface area contributed by atoms with E-state index in [0.29, 0.717) is 15.7 Å². The highest BCUT2D eigenvalue weighted by Gasteiger charge is 2.05. The second kappa shape index (κ2) is 8.99. The van der Waals surface area contributed by atoms with Crippen molar-refractivity contribution >= 4 is 41.3 Å². The van der Waals surface area contributed by atoms with Gasteiger partial charge in [-0.3, -0.25) is 14.9 Å². The molecule has 1 N–H and O–H groups in total. The summed E-state index contributed by atoms with van der Waals surface area (Å²) in [7, 11) is 0. The minimum atomic E-state index is -0.477. The number of carbonyl (C=O) groups excluding carboxylic acids is 1. The van der Waals surface area contributed by atoms with Crippen LogP contribution in [0.15, 0.2) is 51.8 Å². The quantitative estimate of drug-likeness (QED) is 0.201. The van der Waals surface area contributed by atoms with E-state index in [-0.39, 0.29) is 17.3 Å². The van der Waals surface area contributed by atoms with Crippen molar-refractivity contribution in [2.75, 3.05) is 12.0 Å². The Kier molecular flexibility index (Phi) is 6.70. The van der Waals surface area contributed by atoms with E-state index >= 15 is 0 Å². The Labute approximate surface area is 146 Å². The standard InChI is InChI=1S/C14H13N5O3S2/c1-23-14-15-7-6-13(17-14)24-9-12(20)18-16-8-10-2-4-11(5-3-10)19(21)22/h2-8H,9H2,1H3,(H,18,20)/b16-8+. The van der Waals surface area contributed by atoms with Crippen LogP contribution in [0.4, 0.5) is 5.69 Å². The molecule has 0 radical (unpaired) electrons. The summed E-state index contributed by atoms with van der Waals surface area (Å²) in [4.78, 5) is 30.1. The molecule has 2 aromatic rings. The van der Waals surface area contributed by atoms with Gasteiger partial charge in [-0.15, -0.1) is 0 Å². The number of nitrogens with one attached hydrogen (secondary N) is 1. The first-order valence-electron chi connectivity index (χ1n) is 6.64. The molecule has 2 rings (SSSR count). The van der Waals surface area contributed by atoms with Gasteiger partial charge in [-0.1, -0.05) is 23.5 Å². The maximum atomic E-state index is 11.7. The zero-order chi connectivity index (χ0) is 17.4. The molecule has 0 bridgehead atoms. The lowest BCUT2D eigenvalue weighted by Crippen LogP contribution is -2.19. The third kappa shape index (κ3) is 5.63. The van der Waals surface area contributed by atoms with E-state index in [0.717, 1.165) is 0 Å². The number of hydrogen-bond donors (Lipinski definition) is 1. The summed E-state index contributed by atoms with van der Waals surface area (Å²) in [6.45, 7) is 0. The lowest BCUT2D eigenvalue weighted by atomic mass is 10.2. The summed E-state index contributed by atoms with van der Waals surface area (Å²) >= 11 is 2.71. The number of non-ortho nitro benzene ring substituents is 1. The van der Waals surface area contributed by atoms with Gasteiger partial charge in [-0.25, -0.2) is 15.4 Å². The second-order valence-electron chi connectivity index (χ2n) is 4.31. The minimum Gasteiger partial charge on any atom is -0.272 e. The zero-order valence-electron chi connectivity index (χ0n) is 12.6. The highest BCUT2D eigenvalue weighted by molar-refractivity contribution is 8.00. The minimum absolute atomic E-state index is 0.00190. The van der Waals surface area contributed by atoms with Gasteiger partial charge in [0.2, 0.25) is 5.91 Å². The molecule has 1 aromatic heterocycles. The molecule has 0 spiro atoms. The highest BCUT2D eigenvalue weighted by Crippen LogP contribution is 2.17. The number of rotatable bonds is 7. The van der Waals surface area contributed by atoms with Crippen molar-refractivity contribution in [2.45, 2.75) is 10.2 Å². The third-order valence-electron chi connectivity index (χ3n) is 2.65. The fourth-order valence-electron chi connectivity index (χ4n) is 1.54. The zero-order valence-corrected chi connectivity index (χ0v) is 14.2. The summed E-state index contributed by atoms with van der Waals surface area (Å²) in [5.41, 5.74) is 3.04. The van der Waals surface area contributed by atoms with Gasteiger partial charge in [-0.05, 0) is 30.0 Å². The molecule has 24 heavy (non-hydrogen) atoms. The lowest BCUT2D eigenvalue weighted by molar-refractivity contribution is -0.384. The molecule has 124 valence electrons. The van der Waals surface area contributed by atoms with E-state index in [2.05, 4.69) is 20.5 Å². The van der Waals surface area contributed by atoms with E-state index in [1.807, 2.05) is 6.26 Å². The average molecular weight is 363 g/mol. The summed E-state index contributed by atoms with van der Waals surface area (Å²) in [6.07, 6.45) is 4.94. The molecular weight excluding hydrogens is 350 g/mol. The van der Waals surface area contributed by atoms with Crippen LogP contribution in [0.3, 0.4) is 0 Å². The molecule has 0 saturated heterocycles. The van der Waals surface area contributed by atoms with Crippen molar-refractivity contribution in [3.05, 3.63) is 52.2 Å². The fourth-order valence-corrected chi connectivity index (χ4v) is 2.60. The number of thioether (sulfide) groups is 2. The molecule has 0 fully saturated rings. The molecule has 1 aromatic carbocycles. The van der Waals surface area contributed by atoms with Crippen LogP contribution in [0.1, 0.15) is 5.56 Å². The number of amides is 1. The van der Waals surface area contributed by atoms with E-state index in [9.17, 15) is 14.9 Å². The largest absolute Gasteiger partial charge is 0.272 e. The molecule has 8 nitrogen and oxygen atoms in total. The Morgan fingerprint density at radius 1 is 1.38 bits per heavy atom. The third-order valence-corrected chi connectivity index (χ3v) is 4.14. The molecule has 1 heterocycles. The number of hydrazone groups is 1. The number of hydrogen-bond acceptors (Lipinski definition) is 8. The normalized spacial score (nSPS) is 10.7. The average Bonchev–Trinajstić information content (AvgIpc) is 2.60. The fraction of sp³-hybridized carbons (Fsp3) is 0.143. The Morgan fingerprint density at radius 3 is 2.79 bits per heavy atom. The van der Waals surface area contributed by atoms with Gasteiger partial charge >= 0.3 is 0 Å². The predicted octanol–water partition coefficient (Wildman–Crippen LogP) is 2.35. The van der Waals surface area contributed by atoms with Crippen molar-refractivity contribution in [3.8, 4) is 0 Å². The molecular formula is C14H13N5O3S2. The maximum Gasteiger partial charge on any atom is 0.269 e. The van der Waals surface area contributed by atoms with Gasteiger partial charge in [0.25, 0.3) is 5.69 Å². The number of aromatic nitrogens is 2. The summed E-state index contributed by atoms with van der Waals surface area (Å²) < 4.78 is 0. The van der Waals surface area contributed by atoms with Crippen LogP contribution < -0.4 is 5.43 Å². The van der Waals surface area contributed by atoms with Crippen LogP contribution in [0.2, 0.25) is 0 Å². The molecule has 0 aliphatic heterocycles. The molecule has 0 aliphatic carbocycles. The first kappa shape index (κ1) is 17.9. The molecule has 0 aliphatic rings. The van der Waals surface area contributed by atoms with Gasteiger partial charge in [0.05, 0.1) is 16.9 Å². The smallest absolute Gasteiger partial charge is 0.269 e. The number of nitro groups is 1. The first-order valence-corrected chi connectivity index (χ1v) is 8.85. The van der Waals surface area contributed by atoms with Gasteiger partial charge in [-0.2, -0.15) is 5.10 Å². The molecule has 0 atom stereocenters. The number of benzene rings is 1. The van der Waals surface area contributed by atoms with Crippen LogP contribution >= 0.6 is 23.5 Å². The first-order chi connectivity index (χ1) is 11.6. The van der Waals surface area contributed by atoms with E-state index in [1.165, 1.54) is 41.9 Å². The van der Waals surface area contributed by atoms with E-state index < -0.39 is 4.92 Å². The van der Waals surface area contributed by atoms with Crippen LogP contribution in [0.25, 0.3) is 0 Å². The number of nitro benzene ring substituents is 1. The Bertz CT molecular complexity index is 752. The summed E-state index contributed by atoms with van der Waals surface area (Å²) in [6, 6.07) is 7.58. The number of carbonyl (C=O) groups is 1. The highest BCUT2D eigenvalue weighted by atomic mass is 32.2. The number of nitrogens with zero attached hydrogens (tertiary/aromatic N) is 4. The summed E-state index contributed by atoms with van der Waals surface area (Å²) in [5, 5.41) is 15.7. The van der Waals surface area contributed by atoms with Crippen LogP contribution in [0, 0.1) is 10.1 Å². The van der Waals surface area contributed by atoms with Crippen molar-refractivity contribution in [1.29, 1.82) is 0 Å². The monoisotopic (exact) mass is 363 g/mol. The van der Waals surface area contributed by atoms with Crippen molar-refractivity contribution < 1.29 is 9.72 Å². The predicted molar refractivity (Wildman–Crippen MR) is 93.4 cm³/mol. The van der Waals surface area contributed by atoms with E-state index in [1.54, 1.807) is 24.4 Å². The van der Waals surface area contributed by atoms with Gasteiger partial charge in [0.15, 0.2) is 5.16 Å². The van der Waals surface area contributed by atoms with Crippen LogP contribution in [-0.2, 0) is 4.79 Å². The second-order valence-corrected chi connectivity index (χ2v) is 6.08. The van der Waals surface area contributed by atoms with Gasteiger partial charge < -0.3 is 0 Å². The molecule has 10 heteroatoms. The van der Waals surface area contributed by atoms with Crippen LogP contribution in [0.5, 0.6) is 0 Å². The Morgan fingerprint density at radius 2 is 2.12 bits per heavy atom. The van der Waals surface area contributed by atoms with Gasteiger partial charge in [0, 0.05) is 18.3 Å². The Hall–Kier alpha value is -2.46. The van der Waals surface area contributed by atoms with Gasteiger partial charge in [0.1, 0.15) is 5.03 Å². The molecule has 0 unspecified atom stereocenters. The van der Waals surface area contributed by atoms with Crippen molar-refractivity contribution in [2.24, 2.45) is 5.10 Å². The maximum absolute atomic E-state index is 11.7. The lowest BCUT2D eigenvalue weighted by Gasteiger charge is -2.01. The van der Waals surface area contributed by atoms with Crippen LogP contribution in [-0.4, -0.2) is 39.0 Å². The van der Waals surface area contributed by atoms with Crippen molar-refractivity contribution in [1.82, 2.24) is 15.4 Å². The summed E-state index contributed by atoms with van der Waals surface area (Å²) in [5.74, 6) is -0.106. The molecule has 0 saturated carbocycles.